The van der Waals surface area contributed by atoms with Crippen molar-refractivity contribution in [3.63, 3.8) is 0 Å². The molecule has 1 aromatic heterocycles. The van der Waals surface area contributed by atoms with Crippen LogP contribution in [-0.2, 0) is 5.41 Å². The lowest BCUT2D eigenvalue weighted by atomic mass is 9.72. The Kier molecular flexibility index (Phi) is 2.29. The largest absolute Gasteiger partial charge is 0.292 e. The molecule has 0 radical (unpaired) electrons. The Hall–Kier alpha value is -1.26. The molecule has 124 valence electrons. The summed E-state index contributed by atoms with van der Waals surface area (Å²) in [5.74, 6) is 1.84. The monoisotopic (exact) mass is 338 g/mol. The highest BCUT2D eigenvalue weighted by molar-refractivity contribution is 7.18. The molecule has 3 nitrogen and oxygen atoms in total. The molecule has 1 aromatic carbocycles. The van der Waals surface area contributed by atoms with Crippen LogP contribution in [0.3, 0.4) is 0 Å². The fraction of sp³-hybridized carbons (Fsp3) is 0.600. The van der Waals surface area contributed by atoms with Crippen molar-refractivity contribution in [1.29, 1.82) is 0 Å². The number of thiazole rings is 1. The van der Waals surface area contributed by atoms with Gasteiger partial charge in [0.2, 0.25) is 0 Å². The Bertz CT molecular complexity index is 929. The van der Waals surface area contributed by atoms with Crippen molar-refractivity contribution in [2.45, 2.75) is 45.1 Å². The highest BCUT2D eigenvalue weighted by Gasteiger charge is 2.82. The summed E-state index contributed by atoms with van der Waals surface area (Å²) in [5.41, 5.74) is 3.63. The second kappa shape index (κ2) is 3.94. The lowest BCUT2D eigenvalue weighted by molar-refractivity contribution is 0.0717. The number of ketones is 1. The molecule has 4 heteroatoms. The van der Waals surface area contributed by atoms with Crippen molar-refractivity contribution in [1.82, 2.24) is 9.88 Å². The molecule has 3 fully saturated rings. The number of likely N-dealkylation sites (tertiary alicyclic amines) is 1. The third-order valence-corrected chi connectivity index (χ3v) is 8.64. The van der Waals surface area contributed by atoms with Gasteiger partial charge in [0, 0.05) is 29.5 Å². The number of rotatable bonds is 2. The first-order valence-electron chi connectivity index (χ1n) is 9.14. The zero-order valence-corrected chi connectivity index (χ0v) is 15.2. The predicted octanol–water partition coefficient (Wildman–Crippen LogP) is 3.79. The van der Waals surface area contributed by atoms with E-state index in [4.69, 9.17) is 0 Å². The van der Waals surface area contributed by atoms with E-state index in [1.165, 1.54) is 18.4 Å². The summed E-state index contributed by atoms with van der Waals surface area (Å²) in [4.78, 5) is 20.7. The number of fused-ring (bicyclic) bond motifs is 4. The Labute approximate surface area is 146 Å². The molecule has 4 atom stereocenters. The Balaban J connectivity index is 1.55. The topological polar surface area (TPSA) is 33.2 Å². The normalized spacial score (nSPS) is 40.0. The summed E-state index contributed by atoms with van der Waals surface area (Å²) >= 11 is 1.70. The van der Waals surface area contributed by atoms with E-state index in [0.717, 1.165) is 39.8 Å². The van der Waals surface area contributed by atoms with Crippen LogP contribution in [0.25, 0.3) is 10.2 Å². The van der Waals surface area contributed by atoms with Gasteiger partial charge in [-0.1, -0.05) is 13.8 Å². The summed E-state index contributed by atoms with van der Waals surface area (Å²) in [6, 6.07) is 4.48. The molecule has 0 bridgehead atoms. The molecule has 3 aliphatic carbocycles. The van der Waals surface area contributed by atoms with Crippen molar-refractivity contribution in [2.75, 3.05) is 13.1 Å². The number of nitrogens with zero attached hydrogens (tertiary/aromatic N) is 2. The number of hydrogen-bond donors (Lipinski definition) is 0. The minimum atomic E-state index is 0.104. The van der Waals surface area contributed by atoms with E-state index >= 15 is 0 Å². The number of aryl methyl sites for hydroxylation is 1. The van der Waals surface area contributed by atoms with Gasteiger partial charge in [0.25, 0.3) is 0 Å². The molecule has 0 amide bonds. The van der Waals surface area contributed by atoms with E-state index in [-0.39, 0.29) is 16.9 Å². The first-order valence-corrected chi connectivity index (χ1v) is 9.96. The molecule has 1 saturated heterocycles. The molecule has 1 aliphatic heterocycles. The van der Waals surface area contributed by atoms with E-state index in [1.54, 1.807) is 11.3 Å². The Morgan fingerprint density at radius 1 is 1.33 bits per heavy atom. The van der Waals surface area contributed by atoms with Crippen molar-refractivity contribution in [2.24, 2.45) is 17.3 Å². The van der Waals surface area contributed by atoms with Crippen molar-refractivity contribution in [3.8, 4) is 0 Å². The van der Waals surface area contributed by atoms with Crippen molar-refractivity contribution < 1.29 is 4.79 Å². The molecule has 0 spiro atoms. The summed E-state index contributed by atoms with van der Waals surface area (Å²) < 4.78 is 1.16. The molecule has 0 N–H and O–H groups in total. The summed E-state index contributed by atoms with van der Waals surface area (Å²) in [5, 5.41) is 1.09. The van der Waals surface area contributed by atoms with E-state index < -0.39 is 0 Å². The molecular formula is C20H22N2OS. The van der Waals surface area contributed by atoms with Gasteiger partial charge in [-0.3, -0.25) is 9.69 Å². The van der Waals surface area contributed by atoms with Crippen LogP contribution in [0.1, 0.15) is 47.6 Å². The molecule has 4 aliphatic rings. The number of carbonyl (C=O) groups is 1. The first kappa shape index (κ1) is 14.0. The number of hydrogen-bond acceptors (Lipinski definition) is 4. The quantitative estimate of drug-likeness (QED) is 0.835. The van der Waals surface area contributed by atoms with E-state index in [9.17, 15) is 4.79 Å². The third kappa shape index (κ3) is 1.37. The molecule has 3 unspecified atom stereocenters. The summed E-state index contributed by atoms with van der Waals surface area (Å²) in [6.07, 6.45) is 2.71. The van der Waals surface area contributed by atoms with E-state index in [0.29, 0.717) is 11.7 Å². The van der Waals surface area contributed by atoms with Gasteiger partial charge in [-0.2, -0.15) is 0 Å². The molecule has 6 rings (SSSR count). The lowest BCUT2D eigenvalue weighted by Gasteiger charge is -2.40. The second-order valence-corrected chi connectivity index (χ2v) is 10.0. The summed E-state index contributed by atoms with van der Waals surface area (Å²) in [7, 11) is 0. The molecule has 2 aromatic rings. The maximum absolute atomic E-state index is 13.5. The van der Waals surface area contributed by atoms with E-state index in [2.05, 4.69) is 42.8 Å². The SMILES string of the molecule is Cc1nc2cc3c(cc2s1)C(=O)C1N(CC2CC2)CC2C1(C)[C@]32C. The molecule has 2 heterocycles. The van der Waals surface area contributed by atoms with Crippen LogP contribution in [0.5, 0.6) is 0 Å². The van der Waals surface area contributed by atoms with Gasteiger partial charge in [-0.25, -0.2) is 4.98 Å². The van der Waals surface area contributed by atoms with Crippen LogP contribution < -0.4 is 0 Å². The van der Waals surface area contributed by atoms with Crippen LogP contribution in [0, 0.1) is 24.2 Å². The number of carbonyl (C=O) groups excluding carboxylic acids is 1. The van der Waals surface area contributed by atoms with Gasteiger partial charge in [-0.15, -0.1) is 11.3 Å². The van der Waals surface area contributed by atoms with Crippen molar-refractivity contribution >= 4 is 27.3 Å². The van der Waals surface area contributed by atoms with E-state index in [1.807, 2.05) is 0 Å². The van der Waals surface area contributed by atoms with Crippen LogP contribution in [0.4, 0.5) is 0 Å². The Morgan fingerprint density at radius 2 is 2.12 bits per heavy atom. The fourth-order valence-electron chi connectivity index (χ4n) is 6.10. The minimum absolute atomic E-state index is 0.104. The van der Waals surface area contributed by atoms with Crippen LogP contribution in [0.2, 0.25) is 0 Å². The maximum Gasteiger partial charge on any atom is 0.180 e. The lowest BCUT2D eigenvalue weighted by Crippen LogP contribution is -2.50. The Morgan fingerprint density at radius 3 is 2.88 bits per heavy atom. The van der Waals surface area contributed by atoms with Gasteiger partial charge in [0.15, 0.2) is 5.78 Å². The van der Waals surface area contributed by atoms with Crippen LogP contribution in [0.15, 0.2) is 12.1 Å². The fourth-order valence-corrected chi connectivity index (χ4v) is 6.95. The first-order chi connectivity index (χ1) is 11.4. The number of aromatic nitrogens is 1. The van der Waals surface area contributed by atoms with Gasteiger partial charge in [0.05, 0.1) is 21.3 Å². The maximum atomic E-state index is 13.5. The molecular weight excluding hydrogens is 316 g/mol. The second-order valence-electron chi connectivity index (χ2n) is 8.80. The highest BCUT2D eigenvalue weighted by atomic mass is 32.1. The zero-order valence-electron chi connectivity index (χ0n) is 14.4. The van der Waals surface area contributed by atoms with Gasteiger partial charge in [0.1, 0.15) is 0 Å². The van der Waals surface area contributed by atoms with Crippen molar-refractivity contribution in [3.05, 3.63) is 28.3 Å². The third-order valence-electron chi connectivity index (χ3n) is 7.70. The average Bonchev–Trinajstić information content (AvgIpc) is 3.32. The smallest absolute Gasteiger partial charge is 0.180 e. The zero-order chi connectivity index (χ0) is 16.4. The van der Waals surface area contributed by atoms with Gasteiger partial charge >= 0.3 is 0 Å². The predicted molar refractivity (Wildman–Crippen MR) is 95.7 cm³/mol. The highest BCUT2D eigenvalue weighted by Crippen LogP contribution is 2.78. The number of piperidine rings is 1. The van der Waals surface area contributed by atoms with Crippen LogP contribution in [-0.4, -0.2) is 34.8 Å². The standard InChI is InChI=1S/C20H22N2OS/c1-10-21-14-7-13-12(6-15(14)24-10)17(23)18-20(3)16(19(13,20)2)9-22(18)8-11-4-5-11/h6-7,11,16,18H,4-5,8-9H2,1-3H3/t16?,18?,19-,20?/m1/s1. The minimum Gasteiger partial charge on any atom is -0.292 e. The van der Waals surface area contributed by atoms with Gasteiger partial charge in [-0.05, 0) is 49.3 Å². The number of Topliss-reactive ketones (excluding diaryl/α,β-unsaturated/α-hetero) is 1. The number of benzene rings is 1. The van der Waals surface area contributed by atoms with Gasteiger partial charge < -0.3 is 0 Å². The molecule has 24 heavy (non-hydrogen) atoms. The summed E-state index contributed by atoms with van der Waals surface area (Å²) in [6.45, 7) is 9.06. The molecule has 2 saturated carbocycles. The van der Waals surface area contributed by atoms with Crippen LogP contribution >= 0.6 is 11.3 Å². The average molecular weight is 338 g/mol.